The Kier molecular flexibility index (Phi) is 2.66. The van der Waals surface area contributed by atoms with Gasteiger partial charge in [-0.15, -0.1) is 0 Å². The van der Waals surface area contributed by atoms with Crippen LogP contribution in [0.4, 0.5) is 0 Å². The lowest BCUT2D eigenvalue weighted by Gasteiger charge is -1.97. The molecule has 1 aromatic heterocycles. The van der Waals surface area contributed by atoms with Gasteiger partial charge in [-0.3, -0.25) is 4.55 Å². The summed E-state index contributed by atoms with van der Waals surface area (Å²) in [6.07, 6.45) is 1.38. The lowest BCUT2D eigenvalue weighted by molar-refractivity contribution is 0.482. The Morgan fingerprint density at radius 3 is 2.75 bits per heavy atom. The van der Waals surface area contributed by atoms with E-state index >= 15 is 0 Å². The van der Waals surface area contributed by atoms with E-state index in [1.54, 1.807) is 0 Å². The van der Waals surface area contributed by atoms with Gasteiger partial charge >= 0.3 is 0 Å². The first-order chi connectivity index (χ1) is 5.47. The maximum Gasteiger partial charge on any atom is 0.269 e. The van der Waals surface area contributed by atoms with Gasteiger partial charge < -0.3 is 0 Å². The van der Waals surface area contributed by atoms with Gasteiger partial charge in [0.1, 0.15) is 10.9 Å². The summed E-state index contributed by atoms with van der Waals surface area (Å²) in [6.45, 7) is 0. The SMILES string of the molecule is O=S(=O)(O)Cc1ccnc(Cl)c1. The van der Waals surface area contributed by atoms with Crippen molar-refractivity contribution in [2.45, 2.75) is 5.75 Å². The van der Waals surface area contributed by atoms with Crippen LogP contribution in [0.1, 0.15) is 5.56 Å². The second-order valence-corrected chi connectivity index (χ2v) is 4.05. The fraction of sp³-hybridized carbons (Fsp3) is 0.167. The Bertz CT molecular complexity index is 376. The average molecular weight is 208 g/mol. The normalized spacial score (nSPS) is 11.5. The molecule has 66 valence electrons. The van der Waals surface area contributed by atoms with Crippen LogP contribution in [0.5, 0.6) is 0 Å². The minimum atomic E-state index is -3.98. The lowest BCUT2D eigenvalue weighted by atomic mass is 10.3. The molecule has 0 saturated carbocycles. The summed E-state index contributed by atoms with van der Waals surface area (Å²) in [5.41, 5.74) is 0.414. The van der Waals surface area contributed by atoms with Gasteiger partial charge in [0.05, 0.1) is 0 Å². The predicted octanol–water partition coefficient (Wildman–Crippen LogP) is 1.12. The third-order valence-corrected chi connectivity index (χ3v) is 2.04. The molecule has 0 spiro atoms. The summed E-state index contributed by atoms with van der Waals surface area (Å²) in [6, 6.07) is 2.86. The summed E-state index contributed by atoms with van der Waals surface area (Å²) < 4.78 is 29.3. The topological polar surface area (TPSA) is 67.3 Å². The fourth-order valence-electron chi connectivity index (χ4n) is 0.743. The molecule has 4 nitrogen and oxygen atoms in total. The number of aromatic nitrogens is 1. The Labute approximate surface area is 74.9 Å². The van der Waals surface area contributed by atoms with Crippen molar-refractivity contribution in [2.24, 2.45) is 0 Å². The maximum atomic E-state index is 10.4. The van der Waals surface area contributed by atoms with E-state index in [-0.39, 0.29) is 5.15 Å². The third kappa shape index (κ3) is 3.17. The molecule has 0 aromatic carbocycles. The van der Waals surface area contributed by atoms with E-state index < -0.39 is 15.9 Å². The van der Waals surface area contributed by atoms with Gasteiger partial charge in [0.25, 0.3) is 10.1 Å². The van der Waals surface area contributed by atoms with Crippen LogP contribution in [0, 0.1) is 0 Å². The van der Waals surface area contributed by atoms with Gasteiger partial charge in [-0.05, 0) is 17.7 Å². The molecule has 12 heavy (non-hydrogen) atoms. The van der Waals surface area contributed by atoms with Crippen molar-refractivity contribution >= 4 is 21.7 Å². The molecule has 1 aromatic rings. The Balaban J connectivity index is 2.91. The van der Waals surface area contributed by atoms with Crippen LogP contribution in [-0.4, -0.2) is 18.0 Å². The van der Waals surface area contributed by atoms with E-state index in [9.17, 15) is 8.42 Å². The van der Waals surface area contributed by atoms with Gasteiger partial charge in [0, 0.05) is 6.20 Å². The van der Waals surface area contributed by atoms with Gasteiger partial charge in [-0.1, -0.05) is 11.6 Å². The highest BCUT2D eigenvalue weighted by Crippen LogP contribution is 2.09. The van der Waals surface area contributed by atoms with Crippen molar-refractivity contribution in [3.8, 4) is 0 Å². The molecule has 0 unspecified atom stereocenters. The average Bonchev–Trinajstić information content (AvgIpc) is 1.82. The van der Waals surface area contributed by atoms with Crippen molar-refractivity contribution in [3.05, 3.63) is 29.0 Å². The Morgan fingerprint density at radius 1 is 1.58 bits per heavy atom. The summed E-state index contributed by atoms with van der Waals surface area (Å²) in [7, 11) is -3.98. The first-order valence-electron chi connectivity index (χ1n) is 3.03. The fourth-order valence-corrected chi connectivity index (χ4v) is 1.54. The first kappa shape index (κ1) is 9.44. The van der Waals surface area contributed by atoms with Crippen LogP contribution in [0.2, 0.25) is 5.15 Å². The largest absolute Gasteiger partial charge is 0.285 e. The van der Waals surface area contributed by atoms with E-state index in [1.165, 1.54) is 18.3 Å². The summed E-state index contributed by atoms with van der Waals surface area (Å²) >= 11 is 5.49. The number of pyridine rings is 1. The van der Waals surface area contributed by atoms with E-state index in [2.05, 4.69) is 4.98 Å². The van der Waals surface area contributed by atoms with Crippen LogP contribution in [0.15, 0.2) is 18.3 Å². The number of nitrogens with zero attached hydrogens (tertiary/aromatic N) is 1. The van der Waals surface area contributed by atoms with E-state index in [0.29, 0.717) is 5.56 Å². The van der Waals surface area contributed by atoms with Crippen LogP contribution in [0.25, 0.3) is 0 Å². The smallest absolute Gasteiger partial charge is 0.269 e. The molecular weight excluding hydrogens is 202 g/mol. The molecule has 6 heteroatoms. The molecule has 0 radical (unpaired) electrons. The van der Waals surface area contributed by atoms with Crippen LogP contribution >= 0.6 is 11.6 Å². The van der Waals surface area contributed by atoms with E-state index in [1.807, 2.05) is 0 Å². The highest BCUT2D eigenvalue weighted by molar-refractivity contribution is 7.85. The minimum absolute atomic E-state index is 0.205. The second kappa shape index (κ2) is 3.38. The van der Waals surface area contributed by atoms with Gasteiger partial charge in [0.15, 0.2) is 0 Å². The molecule has 0 atom stereocenters. The summed E-state index contributed by atoms with van der Waals surface area (Å²) in [5, 5.41) is 0.205. The molecule has 1 rings (SSSR count). The molecule has 1 heterocycles. The van der Waals surface area contributed by atoms with Gasteiger partial charge in [-0.2, -0.15) is 8.42 Å². The number of hydrogen-bond donors (Lipinski definition) is 1. The lowest BCUT2D eigenvalue weighted by Crippen LogP contribution is -2.01. The number of rotatable bonds is 2. The van der Waals surface area contributed by atoms with Crippen molar-refractivity contribution in [1.82, 2.24) is 4.98 Å². The summed E-state index contributed by atoms with van der Waals surface area (Å²) in [5.74, 6) is -0.435. The monoisotopic (exact) mass is 207 g/mol. The van der Waals surface area contributed by atoms with Crippen molar-refractivity contribution in [3.63, 3.8) is 0 Å². The highest BCUT2D eigenvalue weighted by atomic mass is 35.5. The second-order valence-electron chi connectivity index (χ2n) is 2.21. The molecule has 0 bridgehead atoms. The first-order valence-corrected chi connectivity index (χ1v) is 5.02. The molecule has 0 aliphatic rings. The third-order valence-electron chi connectivity index (χ3n) is 1.14. The van der Waals surface area contributed by atoms with Gasteiger partial charge in [-0.25, -0.2) is 4.98 Å². The molecule has 0 saturated heterocycles. The van der Waals surface area contributed by atoms with Crippen LogP contribution in [-0.2, 0) is 15.9 Å². The zero-order chi connectivity index (χ0) is 9.19. The predicted molar refractivity (Wildman–Crippen MR) is 44.5 cm³/mol. The quantitative estimate of drug-likeness (QED) is 0.583. The molecule has 0 aliphatic carbocycles. The van der Waals surface area contributed by atoms with E-state index in [4.69, 9.17) is 16.2 Å². The number of halogens is 1. The molecular formula is C6H6ClNO3S. The maximum absolute atomic E-state index is 10.4. The van der Waals surface area contributed by atoms with E-state index in [0.717, 1.165) is 0 Å². The van der Waals surface area contributed by atoms with Crippen molar-refractivity contribution < 1.29 is 13.0 Å². The zero-order valence-corrected chi connectivity index (χ0v) is 7.51. The van der Waals surface area contributed by atoms with Crippen LogP contribution in [0.3, 0.4) is 0 Å². The zero-order valence-electron chi connectivity index (χ0n) is 5.94. The molecule has 0 fully saturated rings. The standard InChI is InChI=1S/C6H6ClNO3S/c7-6-3-5(1-2-8-6)4-12(9,10)11/h1-3H,4H2,(H,9,10,11). The van der Waals surface area contributed by atoms with Crippen LogP contribution < -0.4 is 0 Å². The summed E-state index contributed by atoms with van der Waals surface area (Å²) in [4.78, 5) is 3.66. The molecule has 1 N–H and O–H groups in total. The molecule has 0 amide bonds. The molecule has 0 aliphatic heterocycles. The highest BCUT2D eigenvalue weighted by Gasteiger charge is 2.06. The van der Waals surface area contributed by atoms with Crippen molar-refractivity contribution in [1.29, 1.82) is 0 Å². The minimum Gasteiger partial charge on any atom is -0.285 e. The number of hydrogen-bond acceptors (Lipinski definition) is 3. The Morgan fingerprint density at radius 2 is 2.25 bits per heavy atom. The Hall–Kier alpha value is -0.650. The van der Waals surface area contributed by atoms with Gasteiger partial charge in [0.2, 0.25) is 0 Å². The van der Waals surface area contributed by atoms with Crippen molar-refractivity contribution in [2.75, 3.05) is 0 Å².